The second kappa shape index (κ2) is 6.08. The van der Waals surface area contributed by atoms with Gasteiger partial charge in [0.2, 0.25) is 0 Å². The highest BCUT2D eigenvalue weighted by Crippen LogP contribution is 2.46. The molecule has 1 saturated heterocycles. The molecule has 0 bridgehead atoms. The minimum atomic E-state index is 0.260. The van der Waals surface area contributed by atoms with Crippen LogP contribution in [-0.4, -0.2) is 24.5 Å². The summed E-state index contributed by atoms with van der Waals surface area (Å²) in [7, 11) is 2.01. The fraction of sp³-hybridized carbons (Fsp3) is 0.647. The molecule has 20 heavy (non-hydrogen) atoms. The lowest BCUT2D eigenvalue weighted by Gasteiger charge is -2.47. The molecule has 1 aromatic rings. The average molecular weight is 291 g/mol. The molecule has 110 valence electrons. The van der Waals surface area contributed by atoms with Crippen LogP contribution in [0.2, 0.25) is 0 Å². The van der Waals surface area contributed by atoms with Gasteiger partial charge in [0.05, 0.1) is 5.60 Å². The van der Waals surface area contributed by atoms with E-state index in [9.17, 15) is 0 Å². The predicted molar refractivity (Wildman–Crippen MR) is 85.3 cm³/mol. The maximum Gasteiger partial charge on any atom is 0.0693 e. The van der Waals surface area contributed by atoms with Crippen molar-refractivity contribution in [1.29, 1.82) is 0 Å². The summed E-state index contributed by atoms with van der Waals surface area (Å²) in [6.07, 6.45) is 6.35. The highest BCUT2D eigenvalue weighted by atomic mass is 32.2. The third-order valence-corrected chi connectivity index (χ3v) is 6.11. The normalized spacial score (nSPS) is 26.2. The van der Waals surface area contributed by atoms with Gasteiger partial charge in [0.15, 0.2) is 0 Å². The van der Waals surface area contributed by atoms with E-state index >= 15 is 0 Å². The van der Waals surface area contributed by atoms with Gasteiger partial charge in [0, 0.05) is 22.8 Å². The van der Waals surface area contributed by atoms with E-state index in [-0.39, 0.29) is 5.60 Å². The van der Waals surface area contributed by atoms with Gasteiger partial charge < -0.3 is 10.1 Å². The number of nitrogens with one attached hydrogen (secondary N) is 1. The smallest absolute Gasteiger partial charge is 0.0693 e. The van der Waals surface area contributed by atoms with Crippen LogP contribution in [-0.2, 0) is 4.74 Å². The Bertz CT molecular complexity index is 441. The molecule has 2 nitrogen and oxygen atoms in total. The van der Waals surface area contributed by atoms with E-state index in [0.717, 1.165) is 11.9 Å². The van der Waals surface area contributed by atoms with Crippen LogP contribution in [0.1, 0.15) is 50.6 Å². The minimum absolute atomic E-state index is 0.260. The molecule has 1 aliphatic carbocycles. The summed E-state index contributed by atoms with van der Waals surface area (Å²) in [5, 5.41) is 4.02. The van der Waals surface area contributed by atoms with Crippen molar-refractivity contribution in [2.24, 2.45) is 0 Å². The van der Waals surface area contributed by atoms with Gasteiger partial charge in [-0.1, -0.05) is 12.1 Å². The molecule has 2 unspecified atom stereocenters. The summed E-state index contributed by atoms with van der Waals surface area (Å²) in [5.74, 6) is 0. The quantitative estimate of drug-likeness (QED) is 0.900. The zero-order valence-electron chi connectivity index (χ0n) is 12.5. The lowest BCUT2D eigenvalue weighted by molar-refractivity contribution is -0.125. The second-order valence-corrected chi connectivity index (χ2v) is 7.57. The van der Waals surface area contributed by atoms with Gasteiger partial charge in [-0.3, -0.25) is 0 Å². The van der Waals surface area contributed by atoms with Crippen molar-refractivity contribution in [1.82, 2.24) is 5.32 Å². The Kier molecular flexibility index (Phi) is 4.39. The first-order valence-corrected chi connectivity index (χ1v) is 8.67. The molecule has 0 aromatic heterocycles. The Morgan fingerprint density at radius 2 is 2.05 bits per heavy atom. The van der Waals surface area contributed by atoms with Crippen molar-refractivity contribution in [3.63, 3.8) is 0 Å². The SMILES string of the molecule is CNC(C)c1ccc(SC2CCOC3(CCC3)C2)cc1. The van der Waals surface area contributed by atoms with Crippen molar-refractivity contribution in [3.05, 3.63) is 29.8 Å². The lowest BCUT2D eigenvalue weighted by Crippen LogP contribution is -2.46. The molecule has 3 heteroatoms. The molecule has 1 aliphatic heterocycles. The molecule has 2 aliphatic rings. The number of benzene rings is 1. The molecule has 1 saturated carbocycles. The van der Waals surface area contributed by atoms with Gasteiger partial charge in [0.25, 0.3) is 0 Å². The van der Waals surface area contributed by atoms with Gasteiger partial charge in [-0.15, -0.1) is 11.8 Å². The molecule has 1 spiro atoms. The molecule has 0 amide bonds. The molecule has 1 aromatic carbocycles. The van der Waals surface area contributed by atoms with Crippen LogP contribution in [0.4, 0.5) is 0 Å². The summed E-state index contributed by atoms with van der Waals surface area (Å²) < 4.78 is 6.01. The van der Waals surface area contributed by atoms with E-state index < -0.39 is 0 Å². The molecular weight excluding hydrogens is 266 g/mol. The molecule has 3 rings (SSSR count). The van der Waals surface area contributed by atoms with Gasteiger partial charge in [0.1, 0.15) is 0 Å². The van der Waals surface area contributed by atoms with E-state index in [0.29, 0.717) is 6.04 Å². The summed E-state index contributed by atoms with van der Waals surface area (Å²) >= 11 is 2.04. The van der Waals surface area contributed by atoms with Crippen LogP contribution in [0.3, 0.4) is 0 Å². The van der Waals surface area contributed by atoms with Crippen molar-refractivity contribution in [3.8, 4) is 0 Å². The van der Waals surface area contributed by atoms with E-state index in [4.69, 9.17) is 4.74 Å². The fourth-order valence-corrected chi connectivity index (χ4v) is 4.48. The van der Waals surface area contributed by atoms with Gasteiger partial charge in [-0.25, -0.2) is 0 Å². The van der Waals surface area contributed by atoms with Crippen molar-refractivity contribution in [2.45, 2.75) is 60.8 Å². The predicted octanol–water partition coefficient (Wildman–Crippen LogP) is 4.16. The molecule has 2 fully saturated rings. The Morgan fingerprint density at radius 3 is 2.65 bits per heavy atom. The van der Waals surface area contributed by atoms with Crippen LogP contribution in [0.25, 0.3) is 0 Å². The van der Waals surface area contributed by atoms with Crippen molar-refractivity contribution in [2.75, 3.05) is 13.7 Å². The molecule has 2 atom stereocenters. The fourth-order valence-electron chi connectivity index (χ4n) is 3.20. The summed E-state index contributed by atoms with van der Waals surface area (Å²) in [6.45, 7) is 3.15. The van der Waals surface area contributed by atoms with E-state index in [1.807, 2.05) is 18.8 Å². The zero-order valence-corrected chi connectivity index (χ0v) is 13.3. The maximum absolute atomic E-state index is 6.01. The summed E-state index contributed by atoms with van der Waals surface area (Å²) in [5.41, 5.74) is 1.62. The minimum Gasteiger partial charge on any atom is -0.375 e. The van der Waals surface area contributed by atoms with E-state index in [2.05, 4.69) is 36.5 Å². The van der Waals surface area contributed by atoms with Crippen LogP contribution < -0.4 is 5.32 Å². The Hall–Kier alpha value is -0.510. The Labute approximate surface area is 126 Å². The number of thioether (sulfide) groups is 1. The van der Waals surface area contributed by atoms with Gasteiger partial charge >= 0.3 is 0 Å². The second-order valence-electron chi connectivity index (χ2n) is 6.20. The van der Waals surface area contributed by atoms with Crippen LogP contribution >= 0.6 is 11.8 Å². The zero-order chi connectivity index (χ0) is 14.0. The third kappa shape index (κ3) is 3.05. The van der Waals surface area contributed by atoms with Crippen LogP contribution in [0, 0.1) is 0 Å². The lowest BCUT2D eigenvalue weighted by atomic mass is 9.75. The number of ether oxygens (including phenoxy) is 1. The number of hydrogen-bond acceptors (Lipinski definition) is 3. The first kappa shape index (κ1) is 14.4. The van der Waals surface area contributed by atoms with Gasteiger partial charge in [-0.2, -0.15) is 0 Å². The monoisotopic (exact) mass is 291 g/mol. The largest absolute Gasteiger partial charge is 0.375 e. The van der Waals surface area contributed by atoms with E-state index in [1.54, 1.807) is 0 Å². The summed E-state index contributed by atoms with van der Waals surface area (Å²) in [6, 6.07) is 9.48. The van der Waals surface area contributed by atoms with E-state index in [1.165, 1.54) is 42.6 Å². The highest BCUT2D eigenvalue weighted by molar-refractivity contribution is 8.00. The van der Waals surface area contributed by atoms with Crippen LogP contribution in [0.15, 0.2) is 29.2 Å². The average Bonchev–Trinajstić information content (AvgIpc) is 2.46. The maximum atomic E-state index is 6.01. The molecular formula is C17H25NOS. The Balaban J connectivity index is 1.60. The van der Waals surface area contributed by atoms with Gasteiger partial charge in [-0.05, 0) is 63.8 Å². The molecule has 1 heterocycles. The Morgan fingerprint density at radius 1 is 1.30 bits per heavy atom. The number of hydrogen-bond donors (Lipinski definition) is 1. The molecule has 0 radical (unpaired) electrons. The standard InChI is InChI=1S/C17H25NOS/c1-13(18-2)14-4-6-15(7-5-14)20-16-8-11-19-17(12-16)9-3-10-17/h4-7,13,16,18H,3,8-12H2,1-2H3. The van der Waals surface area contributed by atoms with Crippen molar-refractivity contribution < 1.29 is 4.74 Å². The first-order chi connectivity index (χ1) is 9.71. The molecule has 1 N–H and O–H groups in total. The summed E-state index contributed by atoms with van der Waals surface area (Å²) in [4.78, 5) is 1.40. The third-order valence-electron chi connectivity index (χ3n) is 4.83. The van der Waals surface area contributed by atoms with Crippen LogP contribution in [0.5, 0.6) is 0 Å². The number of rotatable bonds is 4. The highest BCUT2D eigenvalue weighted by Gasteiger charge is 2.42. The first-order valence-electron chi connectivity index (χ1n) is 7.79. The van der Waals surface area contributed by atoms with Crippen molar-refractivity contribution >= 4 is 11.8 Å². The topological polar surface area (TPSA) is 21.3 Å².